The average Bonchev–Trinajstić information content (AvgIpc) is 2.43. The van der Waals surface area contributed by atoms with Crippen LogP contribution in [-0.4, -0.2) is 69.4 Å². The van der Waals surface area contributed by atoms with Crippen molar-refractivity contribution in [3.63, 3.8) is 0 Å². The first kappa shape index (κ1) is 14.8. The molecule has 2 N–H and O–H groups in total. The van der Waals surface area contributed by atoms with Gasteiger partial charge in [-0.2, -0.15) is 0 Å². The van der Waals surface area contributed by atoms with Gasteiger partial charge in [-0.25, -0.2) is 0 Å². The average molecular weight is 333 g/mol. The molecule has 0 saturated carbocycles. The Morgan fingerprint density at radius 3 is 2.53 bits per heavy atom. The summed E-state index contributed by atoms with van der Waals surface area (Å²) in [6, 6.07) is 9.30. The summed E-state index contributed by atoms with van der Waals surface area (Å²) in [6.45, 7) is 0.200. The number of hydrogen-bond donors (Lipinski definition) is 2. The van der Waals surface area contributed by atoms with E-state index in [0.717, 1.165) is 0 Å². The molecule has 0 amide bonds. The number of rotatable bonds is 4. The van der Waals surface area contributed by atoms with Crippen LogP contribution in [-0.2, 0) is 9.47 Å². The maximum atomic E-state index is 10.1. The molecule has 1 aliphatic heterocycles. The molecule has 1 fully saturated rings. The zero-order chi connectivity index (χ0) is 13.8. The predicted octanol–water partition coefficient (Wildman–Crippen LogP) is -0.572. The van der Waals surface area contributed by atoms with Gasteiger partial charge >= 0.3 is 120 Å². The fraction of sp³-hybridized carbons (Fsp3) is 0.538. The van der Waals surface area contributed by atoms with E-state index in [4.69, 9.17) is 14.2 Å². The molecule has 0 aromatic heterocycles. The third kappa shape index (κ3) is 3.48. The molecule has 1 saturated heterocycles. The summed E-state index contributed by atoms with van der Waals surface area (Å²) >= 11 is 2.24. The van der Waals surface area contributed by atoms with Gasteiger partial charge in [-0.05, 0) is 0 Å². The van der Waals surface area contributed by atoms with Crippen molar-refractivity contribution in [2.24, 2.45) is 0 Å². The zero-order valence-electron chi connectivity index (χ0n) is 10.5. The van der Waals surface area contributed by atoms with Gasteiger partial charge in [0.1, 0.15) is 0 Å². The number of benzene rings is 1. The molecule has 2 rings (SSSR count). The molecule has 0 radical (unpaired) electrons. The second kappa shape index (κ2) is 6.70. The van der Waals surface area contributed by atoms with Gasteiger partial charge in [0, 0.05) is 0 Å². The van der Waals surface area contributed by atoms with Gasteiger partial charge in [-0.15, -0.1) is 0 Å². The summed E-state index contributed by atoms with van der Waals surface area (Å²) in [6.07, 6.45) is -3.01. The molecule has 5 atom stereocenters. The van der Waals surface area contributed by atoms with Crippen LogP contribution in [0.4, 0.5) is 0 Å². The van der Waals surface area contributed by atoms with Gasteiger partial charge in [0.2, 0.25) is 0 Å². The molecule has 106 valence electrons. The zero-order valence-corrected chi connectivity index (χ0v) is 12.4. The fourth-order valence-electron chi connectivity index (χ4n) is 2.03. The van der Waals surface area contributed by atoms with Crippen molar-refractivity contribution < 1.29 is 24.4 Å². The molecule has 6 heteroatoms. The summed E-state index contributed by atoms with van der Waals surface area (Å²) in [4.78, 5) is 0. The Morgan fingerprint density at radius 2 is 1.89 bits per heavy atom. The third-order valence-electron chi connectivity index (χ3n) is 3.09. The Bertz CT molecular complexity index is 388. The molecule has 1 aromatic carbocycles. The molecule has 0 spiro atoms. The first-order valence-corrected chi connectivity index (χ1v) is 7.12. The van der Waals surface area contributed by atoms with E-state index in [9.17, 15) is 10.2 Å². The van der Waals surface area contributed by atoms with Gasteiger partial charge in [-0.3, -0.25) is 0 Å². The van der Waals surface area contributed by atoms with Gasteiger partial charge in [0.25, 0.3) is 0 Å². The topological polar surface area (TPSA) is 68.2 Å². The molecule has 1 heterocycles. The Labute approximate surface area is 120 Å². The SMILES string of the molecule is CO[C@@H]1[C@@H](O)[C@H]([SeH])O[C@H](COc2ccccc2)[C@H]1O. The van der Waals surface area contributed by atoms with Gasteiger partial charge in [-0.1, -0.05) is 0 Å². The molecule has 0 unspecified atom stereocenters. The number of methoxy groups -OCH3 is 1. The molecule has 1 aromatic rings. The first-order valence-electron chi connectivity index (χ1n) is 6.04. The number of para-hydroxylation sites is 1. The van der Waals surface area contributed by atoms with Crippen LogP contribution in [0.25, 0.3) is 0 Å². The molecule has 0 bridgehead atoms. The Morgan fingerprint density at radius 1 is 1.21 bits per heavy atom. The van der Waals surface area contributed by atoms with Crippen molar-refractivity contribution in [3.8, 4) is 5.75 Å². The molecular weight excluding hydrogens is 315 g/mol. The summed E-state index contributed by atoms with van der Waals surface area (Å²) < 4.78 is 16.2. The van der Waals surface area contributed by atoms with Gasteiger partial charge in [0.05, 0.1) is 0 Å². The van der Waals surface area contributed by atoms with E-state index in [1.54, 1.807) is 0 Å². The first-order chi connectivity index (χ1) is 9.13. The molecule has 5 nitrogen and oxygen atoms in total. The third-order valence-corrected chi connectivity index (χ3v) is 3.99. The van der Waals surface area contributed by atoms with Crippen LogP contribution in [0, 0.1) is 0 Å². The summed E-state index contributed by atoms with van der Waals surface area (Å²) in [5.74, 6) is 0.709. The molecule has 0 aliphatic carbocycles. The Hall–Kier alpha value is -0.621. The Kier molecular flexibility index (Phi) is 5.21. The molecule has 19 heavy (non-hydrogen) atoms. The van der Waals surface area contributed by atoms with Crippen molar-refractivity contribution in [2.45, 2.75) is 29.4 Å². The molecular formula is C13H18O5Se. The second-order valence-corrected chi connectivity index (χ2v) is 5.44. The normalized spacial score (nSPS) is 35.1. The fourth-order valence-corrected chi connectivity index (χ4v) is 2.71. The predicted molar refractivity (Wildman–Crippen MR) is 70.6 cm³/mol. The van der Waals surface area contributed by atoms with Crippen LogP contribution in [0.2, 0.25) is 0 Å². The quantitative estimate of drug-likeness (QED) is 0.723. The Balaban J connectivity index is 1.96. The van der Waals surface area contributed by atoms with Crippen LogP contribution >= 0.6 is 0 Å². The minimum absolute atomic E-state index is 0.200. The number of ether oxygens (including phenoxy) is 3. The van der Waals surface area contributed by atoms with E-state index in [-0.39, 0.29) is 6.61 Å². The van der Waals surface area contributed by atoms with E-state index in [1.807, 2.05) is 30.3 Å². The minimum atomic E-state index is -0.927. The number of hydrogen-bond acceptors (Lipinski definition) is 5. The van der Waals surface area contributed by atoms with Gasteiger partial charge in [0.15, 0.2) is 0 Å². The monoisotopic (exact) mass is 334 g/mol. The van der Waals surface area contributed by atoms with E-state index >= 15 is 0 Å². The van der Waals surface area contributed by atoms with Crippen molar-refractivity contribution in [2.75, 3.05) is 13.7 Å². The van der Waals surface area contributed by atoms with Crippen molar-refractivity contribution in [1.82, 2.24) is 0 Å². The van der Waals surface area contributed by atoms with E-state index in [0.29, 0.717) is 5.75 Å². The number of aliphatic hydroxyl groups is 2. The van der Waals surface area contributed by atoms with Crippen molar-refractivity contribution >= 4 is 16.0 Å². The summed E-state index contributed by atoms with van der Waals surface area (Å²) in [5, 5.41) is 19.5. The maximum absolute atomic E-state index is 10.1. The van der Waals surface area contributed by atoms with E-state index in [1.165, 1.54) is 7.11 Å². The molecule has 1 aliphatic rings. The standard InChI is InChI=1S/C13H18O5Se/c1-16-12-10(14)9(18-13(19)11(12)15)7-17-8-5-3-2-4-6-8/h2-6,9-15,19H,7H2,1H3/t9-,10-,11-,12+,13+/m1/s1. The van der Waals surface area contributed by atoms with Gasteiger partial charge < -0.3 is 0 Å². The van der Waals surface area contributed by atoms with Crippen molar-refractivity contribution in [1.29, 1.82) is 0 Å². The second-order valence-electron chi connectivity index (χ2n) is 4.37. The van der Waals surface area contributed by atoms with E-state index in [2.05, 4.69) is 16.0 Å². The van der Waals surface area contributed by atoms with Crippen LogP contribution < -0.4 is 4.74 Å². The van der Waals surface area contributed by atoms with Crippen LogP contribution in [0.1, 0.15) is 0 Å². The van der Waals surface area contributed by atoms with Crippen LogP contribution in [0.5, 0.6) is 5.75 Å². The summed E-state index contributed by atoms with van der Waals surface area (Å²) in [7, 11) is 1.46. The van der Waals surface area contributed by atoms with E-state index < -0.39 is 29.4 Å². The van der Waals surface area contributed by atoms with Crippen molar-refractivity contribution in [3.05, 3.63) is 30.3 Å². The summed E-state index contributed by atoms with van der Waals surface area (Å²) in [5.41, 5.74) is 0. The number of aliphatic hydroxyl groups excluding tert-OH is 2. The van der Waals surface area contributed by atoms with Crippen LogP contribution in [0.15, 0.2) is 30.3 Å². The van der Waals surface area contributed by atoms with Crippen LogP contribution in [0.3, 0.4) is 0 Å².